The number of rotatable bonds is 9. The van der Waals surface area contributed by atoms with Crippen LogP contribution in [0.1, 0.15) is 42.3 Å². The molecule has 2 aromatic heterocycles. The smallest absolute Gasteiger partial charge is 0.290 e. The van der Waals surface area contributed by atoms with Crippen LogP contribution in [0.5, 0.6) is 11.5 Å². The Labute approximate surface area is 286 Å². The minimum Gasteiger partial charge on any atom is -0.504 e. The highest BCUT2D eigenvalue weighted by atomic mass is 19.1. The monoisotopic (exact) mass is 680 g/mol. The van der Waals surface area contributed by atoms with Crippen molar-refractivity contribution in [3.05, 3.63) is 89.4 Å². The minimum absolute atomic E-state index is 0.0983. The highest BCUT2D eigenvalue weighted by Crippen LogP contribution is 2.41. The zero-order chi connectivity index (χ0) is 36.3. The number of nitrogens with zero attached hydrogens (tertiary/aromatic N) is 6. The topological polar surface area (TPSA) is 218 Å². The predicted molar refractivity (Wildman–Crippen MR) is 179 cm³/mol. The van der Waals surface area contributed by atoms with Crippen LogP contribution in [0.2, 0.25) is 0 Å². The number of anilines is 1. The van der Waals surface area contributed by atoms with Crippen LogP contribution in [0.25, 0.3) is 28.3 Å². The maximum atomic E-state index is 14.9. The molecule has 0 radical (unpaired) electrons. The third-order valence-corrected chi connectivity index (χ3v) is 8.14. The number of pyridine rings is 1. The van der Waals surface area contributed by atoms with Gasteiger partial charge in [0, 0.05) is 66.5 Å². The molecule has 1 saturated heterocycles. The summed E-state index contributed by atoms with van der Waals surface area (Å²) in [6.45, 7) is 3.56. The van der Waals surface area contributed by atoms with Gasteiger partial charge < -0.3 is 25.2 Å². The molecule has 3 heterocycles. The van der Waals surface area contributed by atoms with Crippen molar-refractivity contribution < 1.29 is 34.1 Å². The highest BCUT2D eigenvalue weighted by Gasteiger charge is 2.32. The van der Waals surface area contributed by atoms with Crippen LogP contribution in [0.3, 0.4) is 0 Å². The molecule has 256 valence electrons. The van der Waals surface area contributed by atoms with Crippen LogP contribution in [0.15, 0.2) is 61.1 Å². The molecule has 0 saturated carbocycles. The molecule has 50 heavy (non-hydrogen) atoms. The lowest BCUT2D eigenvalue weighted by Crippen LogP contribution is -2.51. The van der Waals surface area contributed by atoms with Crippen LogP contribution < -0.4 is 20.4 Å². The average molecular weight is 681 g/mol. The van der Waals surface area contributed by atoms with Gasteiger partial charge in [0.05, 0.1) is 12.7 Å². The van der Waals surface area contributed by atoms with E-state index in [1.807, 2.05) is 11.0 Å². The molecule has 4 aromatic rings. The number of nitrogens with one attached hydrogen (secondary N) is 2. The fourth-order valence-electron chi connectivity index (χ4n) is 5.42. The van der Waals surface area contributed by atoms with Gasteiger partial charge in [-0.05, 0) is 61.2 Å². The van der Waals surface area contributed by atoms with Gasteiger partial charge in [-0.1, -0.05) is 12.1 Å². The van der Waals surface area contributed by atoms with Crippen molar-refractivity contribution in [2.45, 2.75) is 31.8 Å². The lowest BCUT2D eigenvalue weighted by atomic mass is 9.88. The van der Waals surface area contributed by atoms with Gasteiger partial charge in [-0.15, -0.1) is 0 Å². The number of aromatic nitrogens is 3. The van der Waals surface area contributed by atoms with E-state index in [1.165, 1.54) is 36.9 Å². The zero-order valence-corrected chi connectivity index (χ0v) is 27.1. The van der Waals surface area contributed by atoms with Crippen LogP contribution in [0.4, 0.5) is 10.2 Å². The summed E-state index contributed by atoms with van der Waals surface area (Å²) in [5.74, 6) is -0.414. The molecule has 14 nitrogen and oxygen atoms in total. The molecular weight excluding hydrogens is 647 g/mol. The van der Waals surface area contributed by atoms with Crippen molar-refractivity contribution in [2.24, 2.45) is 0 Å². The molecule has 5 rings (SSSR count). The molecule has 15 heteroatoms. The van der Waals surface area contributed by atoms with Gasteiger partial charge in [0.1, 0.15) is 29.3 Å². The standard InChI is InChI=1S/C34H31FN8O4.CH2O2/c1-34(41-19-21-17-38-30(39-18-21)7-8-31(45)42-46)9-11-43(12-10-34)33-25(16-37)32(23-3-4-24(15-36)27(35)13-23)26(20-40-33)22-5-6-29(47-2)28(44)14-22;2-1-3/h3-8,13-14,17-18,20,41,44,46H,9-12,19H2,1-2H3,(H,42,45);1H,(H,2,3)/b8-7+;. The normalized spacial score (nSPS) is 13.4. The Morgan fingerprint density at radius 3 is 2.34 bits per heavy atom. The lowest BCUT2D eigenvalue weighted by molar-refractivity contribution is -0.124. The van der Waals surface area contributed by atoms with E-state index in [4.69, 9.17) is 24.8 Å². The van der Waals surface area contributed by atoms with E-state index < -0.39 is 11.7 Å². The van der Waals surface area contributed by atoms with Crippen LogP contribution >= 0.6 is 0 Å². The van der Waals surface area contributed by atoms with E-state index in [9.17, 15) is 24.8 Å². The molecule has 2 aromatic carbocycles. The van der Waals surface area contributed by atoms with E-state index in [0.717, 1.165) is 24.5 Å². The molecule has 0 atom stereocenters. The summed E-state index contributed by atoms with van der Waals surface area (Å²) in [5.41, 5.74) is 4.16. The summed E-state index contributed by atoms with van der Waals surface area (Å²) in [6.07, 6.45) is 8.91. The average Bonchev–Trinajstić information content (AvgIpc) is 3.13. The van der Waals surface area contributed by atoms with Crippen LogP contribution in [0, 0.1) is 28.5 Å². The van der Waals surface area contributed by atoms with Crippen LogP contribution in [-0.2, 0) is 16.1 Å². The van der Waals surface area contributed by atoms with E-state index in [-0.39, 0.29) is 34.6 Å². The summed E-state index contributed by atoms with van der Waals surface area (Å²) in [5, 5.41) is 49.3. The van der Waals surface area contributed by atoms with E-state index >= 15 is 0 Å². The number of amides is 1. The zero-order valence-electron chi connectivity index (χ0n) is 27.1. The number of carbonyl (C=O) groups is 2. The lowest BCUT2D eigenvalue weighted by Gasteiger charge is -2.41. The maximum Gasteiger partial charge on any atom is 0.290 e. The first-order valence-electron chi connectivity index (χ1n) is 15.1. The number of hydrogen-bond acceptors (Lipinski definition) is 12. The second-order valence-electron chi connectivity index (χ2n) is 11.3. The quantitative estimate of drug-likeness (QED) is 0.0727. The third-order valence-electron chi connectivity index (χ3n) is 8.14. The largest absolute Gasteiger partial charge is 0.504 e. The van der Waals surface area contributed by atoms with Gasteiger partial charge in [-0.25, -0.2) is 24.8 Å². The summed E-state index contributed by atoms with van der Waals surface area (Å²) < 4.78 is 20.1. The summed E-state index contributed by atoms with van der Waals surface area (Å²) in [4.78, 5) is 34.7. The molecule has 1 fully saturated rings. The molecule has 0 spiro atoms. The predicted octanol–water partition coefficient (Wildman–Crippen LogP) is 4.17. The molecule has 0 unspecified atom stereocenters. The number of phenols is 1. The second-order valence-corrected chi connectivity index (χ2v) is 11.3. The van der Waals surface area contributed by atoms with Gasteiger partial charge in [0.25, 0.3) is 12.4 Å². The van der Waals surface area contributed by atoms with Crippen molar-refractivity contribution in [3.8, 4) is 45.9 Å². The number of halogens is 1. The van der Waals surface area contributed by atoms with Gasteiger partial charge in [-0.2, -0.15) is 10.5 Å². The Balaban J connectivity index is 0.00000181. The number of aromatic hydroxyl groups is 1. The fourth-order valence-corrected chi connectivity index (χ4v) is 5.42. The first kappa shape index (κ1) is 36.4. The van der Waals surface area contributed by atoms with Crippen LogP contribution in [-0.4, -0.2) is 68.5 Å². The van der Waals surface area contributed by atoms with Gasteiger partial charge in [0.2, 0.25) is 0 Å². The Hall–Kier alpha value is -6.42. The maximum absolute atomic E-state index is 14.9. The van der Waals surface area contributed by atoms with Crippen molar-refractivity contribution in [1.29, 1.82) is 10.5 Å². The van der Waals surface area contributed by atoms with Crippen molar-refractivity contribution in [2.75, 3.05) is 25.1 Å². The minimum atomic E-state index is -0.707. The highest BCUT2D eigenvalue weighted by molar-refractivity contribution is 5.91. The molecule has 1 amide bonds. The number of hydroxylamine groups is 1. The number of benzene rings is 2. The molecule has 0 bridgehead atoms. The number of carbonyl (C=O) groups excluding carboxylic acids is 1. The van der Waals surface area contributed by atoms with Gasteiger partial charge >= 0.3 is 0 Å². The number of nitriles is 2. The number of phenolic OH excluding ortho intramolecular Hbond substituents is 1. The number of carboxylic acid groups (broad SMARTS) is 1. The SMILES string of the molecule is COc1ccc(-c2cnc(N3CCC(C)(NCc4cnc(/C=C/C(=O)NO)nc4)CC3)c(C#N)c2-c2ccc(C#N)c(F)c2)cc1O.O=CO. The molecular formula is C35H33FN8O6. The number of piperidine rings is 1. The van der Waals surface area contributed by atoms with Crippen molar-refractivity contribution >= 4 is 24.3 Å². The van der Waals surface area contributed by atoms with Crippen molar-refractivity contribution in [3.63, 3.8) is 0 Å². The van der Waals surface area contributed by atoms with E-state index in [0.29, 0.717) is 53.5 Å². The van der Waals surface area contributed by atoms with E-state index in [1.54, 1.807) is 36.8 Å². The molecule has 1 aliphatic rings. The Morgan fingerprint density at radius 2 is 1.76 bits per heavy atom. The van der Waals surface area contributed by atoms with Gasteiger partial charge in [0.15, 0.2) is 17.3 Å². The Bertz CT molecular complexity index is 1970. The molecule has 1 aliphatic heterocycles. The Morgan fingerprint density at radius 1 is 1.08 bits per heavy atom. The summed E-state index contributed by atoms with van der Waals surface area (Å²) in [6, 6.07) is 13.2. The van der Waals surface area contributed by atoms with Crippen molar-refractivity contribution in [1.82, 2.24) is 25.7 Å². The summed E-state index contributed by atoms with van der Waals surface area (Å²) in [7, 11) is 1.44. The van der Waals surface area contributed by atoms with E-state index in [2.05, 4.69) is 28.3 Å². The third kappa shape index (κ3) is 8.53. The number of hydrogen-bond donors (Lipinski definition) is 5. The first-order chi connectivity index (χ1) is 24.1. The first-order valence-corrected chi connectivity index (χ1v) is 15.1. The number of methoxy groups -OCH3 is 1. The Kier molecular flexibility index (Phi) is 12.1. The summed E-state index contributed by atoms with van der Waals surface area (Å²) >= 11 is 0. The molecule has 5 N–H and O–H groups in total. The number of ether oxygens (including phenoxy) is 1. The second kappa shape index (κ2) is 16.6. The molecule has 0 aliphatic carbocycles. The van der Waals surface area contributed by atoms with Gasteiger partial charge in [-0.3, -0.25) is 14.8 Å². The fraction of sp³-hybridized carbons (Fsp3) is 0.229.